The number of aliphatic hydroxyl groups is 1. The zero-order valence-electron chi connectivity index (χ0n) is 14.5. The minimum atomic E-state index is -2.08. The minimum absolute atomic E-state index is 0.140. The molecule has 0 saturated heterocycles. The third-order valence-electron chi connectivity index (χ3n) is 4.60. The lowest BCUT2D eigenvalue weighted by atomic mass is 10.1. The van der Waals surface area contributed by atoms with Crippen LogP contribution in [0.3, 0.4) is 0 Å². The largest absolute Gasteiger partial charge is 0.479 e. The number of benzene rings is 1. The Morgan fingerprint density at radius 3 is 2.77 bits per heavy atom. The van der Waals surface area contributed by atoms with Gasteiger partial charge in [-0.2, -0.15) is 5.10 Å². The number of carbonyl (C=O) groups excluding carboxylic acids is 1. The van der Waals surface area contributed by atoms with Crippen LogP contribution in [0.15, 0.2) is 18.2 Å². The van der Waals surface area contributed by atoms with E-state index < -0.39 is 29.8 Å². The van der Waals surface area contributed by atoms with Crippen molar-refractivity contribution < 1.29 is 24.2 Å². The van der Waals surface area contributed by atoms with Gasteiger partial charge in [-0.25, -0.2) is 13.9 Å². The van der Waals surface area contributed by atoms with Crippen molar-refractivity contribution in [2.24, 2.45) is 0 Å². The number of rotatable bonds is 5. The van der Waals surface area contributed by atoms with Crippen LogP contribution < -0.4 is 5.32 Å². The number of amides is 1. The Balaban J connectivity index is 1.96. The zero-order chi connectivity index (χ0) is 19.1. The van der Waals surface area contributed by atoms with E-state index in [9.17, 15) is 19.1 Å². The molecule has 1 atom stereocenters. The third-order valence-corrected chi connectivity index (χ3v) is 4.60. The van der Waals surface area contributed by atoms with Crippen molar-refractivity contribution in [3.63, 3.8) is 0 Å². The molecule has 1 amide bonds. The van der Waals surface area contributed by atoms with Crippen molar-refractivity contribution in [3.05, 3.63) is 46.5 Å². The maximum atomic E-state index is 14.3. The number of nitrogens with one attached hydrogen (secondary N) is 1. The van der Waals surface area contributed by atoms with Gasteiger partial charge in [0.1, 0.15) is 11.5 Å². The Kier molecular flexibility index (Phi) is 4.53. The van der Waals surface area contributed by atoms with Crippen LogP contribution in [0, 0.1) is 12.7 Å². The van der Waals surface area contributed by atoms with Gasteiger partial charge in [0.2, 0.25) is 0 Å². The van der Waals surface area contributed by atoms with E-state index in [2.05, 4.69) is 10.4 Å². The van der Waals surface area contributed by atoms with Gasteiger partial charge in [0.05, 0.1) is 6.54 Å². The summed E-state index contributed by atoms with van der Waals surface area (Å²) in [6.07, 6.45) is 2.14. The molecule has 0 saturated carbocycles. The summed E-state index contributed by atoms with van der Waals surface area (Å²) in [5.41, 5.74) is 0.587. The smallest absolute Gasteiger partial charge is 0.337 e. The average Bonchev–Trinajstić information content (AvgIpc) is 3.16. The van der Waals surface area contributed by atoms with Crippen molar-refractivity contribution in [3.8, 4) is 5.69 Å². The number of halogens is 1. The first kappa shape index (κ1) is 18.1. The minimum Gasteiger partial charge on any atom is -0.479 e. The molecule has 8 heteroatoms. The SMILES string of the molecule is Cc1cccc(F)c1-n1nc(C(=O)NCC(C)(O)C(=O)O)c2c1CCC2. The summed E-state index contributed by atoms with van der Waals surface area (Å²) >= 11 is 0. The fourth-order valence-electron chi connectivity index (χ4n) is 3.11. The Labute approximate surface area is 149 Å². The number of aromatic nitrogens is 2. The molecule has 1 aromatic carbocycles. The highest BCUT2D eigenvalue weighted by Crippen LogP contribution is 2.30. The van der Waals surface area contributed by atoms with E-state index >= 15 is 0 Å². The molecular weight excluding hydrogens is 341 g/mol. The van der Waals surface area contributed by atoms with Gasteiger partial charge in [-0.15, -0.1) is 0 Å². The van der Waals surface area contributed by atoms with Crippen molar-refractivity contribution in [1.29, 1.82) is 0 Å². The van der Waals surface area contributed by atoms with E-state index in [4.69, 9.17) is 5.11 Å². The van der Waals surface area contributed by atoms with Crippen molar-refractivity contribution >= 4 is 11.9 Å². The van der Waals surface area contributed by atoms with Crippen molar-refractivity contribution in [2.45, 2.75) is 38.7 Å². The van der Waals surface area contributed by atoms with E-state index in [1.807, 2.05) is 0 Å². The van der Waals surface area contributed by atoms with Gasteiger partial charge in [-0.05, 0) is 44.7 Å². The lowest BCUT2D eigenvalue weighted by molar-refractivity contribution is -0.155. The normalized spacial score (nSPS) is 15.4. The highest BCUT2D eigenvalue weighted by Gasteiger charge is 2.33. The number of hydrogen-bond donors (Lipinski definition) is 3. The van der Waals surface area contributed by atoms with Crippen LogP contribution in [0.5, 0.6) is 0 Å². The summed E-state index contributed by atoms with van der Waals surface area (Å²) < 4.78 is 15.8. The summed E-state index contributed by atoms with van der Waals surface area (Å²) in [4.78, 5) is 23.5. The van der Waals surface area contributed by atoms with E-state index in [0.717, 1.165) is 24.6 Å². The van der Waals surface area contributed by atoms with Crippen molar-refractivity contribution in [2.75, 3.05) is 6.54 Å². The van der Waals surface area contributed by atoms with Gasteiger partial charge in [0.25, 0.3) is 5.91 Å². The molecule has 2 aromatic rings. The molecule has 1 unspecified atom stereocenters. The summed E-state index contributed by atoms with van der Waals surface area (Å²) in [6.45, 7) is 2.41. The molecule has 0 spiro atoms. The molecule has 138 valence electrons. The molecular formula is C18H20FN3O4. The standard InChI is InChI=1S/C18H20FN3O4/c1-10-5-3-7-12(19)15(10)22-13-8-4-6-11(13)14(21-22)16(23)20-9-18(2,26)17(24)25/h3,5,7,26H,4,6,8-9H2,1-2H3,(H,20,23)(H,24,25). The second kappa shape index (κ2) is 6.53. The molecule has 0 aliphatic heterocycles. The summed E-state index contributed by atoms with van der Waals surface area (Å²) in [5, 5.41) is 25.4. The third kappa shape index (κ3) is 3.08. The lowest BCUT2D eigenvalue weighted by Gasteiger charge is -2.17. The van der Waals surface area contributed by atoms with E-state index in [1.54, 1.807) is 19.1 Å². The molecule has 1 heterocycles. The monoisotopic (exact) mass is 361 g/mol. The van der Waals surface area contributed by atoms with Gasteiger partial charge >= 0.3 is 5.97 Å². The number of fused-ring (bicyclic) bond motifs is 1. The first-order valence-corrected chi connectivity index (χ1v) is 8.32. The molecule has 26 heavy (non-hydrogen) atoms. The molecule has 3 N–H and O–H groups in total. The van der Waals surface area contributed by atoms with Crippen LogP contribution in [0.1, 0.15) is 40.7 Å². The van der Waals surface area contributed by atoms with Crippen molar-refractivity contribution in [1.82, 2.24) is 15.1 Å². The predicted molar refractivity (Wildman–Crippen MR) is 90.9 cm³/mol. The molecule has 1 aliphatic carbocycles. The first-order chi connectivity index (χ1) is 12.2. The van der Waals surface area contributed by atoms with Gasteiger partial charge in [0, 0.05) is 11.3 Å². The maximum Gasteiger partial charge on any atom is 0.337 e. The van der Waals surface area contributed by atoms with Crippen LogP contribution in [0.4, 0.5) is 4.39 Å². The summed E-state index contributed by atoms with van der Waals surface area (Å²) in [6, 6.07) is 4.72. The van der Waals surface area contributed by atoms with Crippen LogP contribution >= 0.6 is 0 Å². The number of aliphatic carboxylic acids is 1. The van der Waals surface area contributed by atoms with E-state index in [1.165, 1.54) is 10.7 Å². The van der Waals surface area contributed by atoms with Crippen LogP contribution in [-0.4, -0.2) is 44.0 Å². The highest BCUT2D eigenvalue weighted by atomic mass is 19.1. The average molecular weight is 361 g/mol. The van der Waals surface area contributed by atoms with Crippen LogP contribution in [0.2, 0.25) is 0 Å². The van der Waals surface area contributed by atoms with Crippen LogP contribution in [-0.2, 0) is 17.6 Å². The number of aryl methyl sites for hydroxylation is 1. The Morgan fingerprint density at radius 1 is 1.38 bits per heavy atom. The van der Waals surface area contributed by atoms with Gasteiger partial charge in [-0.1, -0.05) is 12.1 Å². The van der Waals surface area contributed by atoms with Gasteiger partial charge in [0.15, 0.2) is 11.3 Å². The fraction of sp³-hybridized carbons (Fsp3) is 0.389. The number of hydrogen-bond acceptors (Lipinski definition) is 4. The molecule has 1 aromatic heterocycles. The van der Waals surface area contributed by atoms with Crippen LogP contribution in [0.25, 0.3) is 5.69 Å². The topological polar surface area (TPSA) is 104 Å². The molecule has 0 bridgehead atoms. The Hall–Kier alpha value is -2.74. The molecule has 3 rings (SSSR count). The molecule has 7 nitrogen and oxygen atoms in total. The maximum absolute atomic E-state index is 14.3. The molecule has 0 radical (unpaired) electrons. The van der Waals surface area contributed by atoms with E-state index in [0.29, 0.717) is 24.1 Å². The van der Waals surface area contributed by atoms with Gasteiger partial charge in [-0.3, -0.25) is 4.79 Å². The second-order valence-corrected chi connectivity index (χ2v) is 6.71. The first-order valence-electron chi connectivity index (χ1n) is 8.32. The number of carboxylic acids is 1. The quantitative estimate of drug-likeness (QED) is 0.746. The Bertz CT molecular complexity index is 869. The predicted octanol–water partition coefficient (Wildman–Crippen LogP) is 1.37. The zero-order valence-corrected chi connectivity index (χ0v) is 14.5. The van der Waals surface area contributed by atoms with Gasteiger partial charge < -0.3 is 15.5 Å². The number of carboxylic acid groups (broad SMARTS) is 1. The Morgan fingerprint density at radius 2 is 2.12 bits per heavy atom. The lowest BCUT2D eigenvalue weighted by Crippen LogP contribution is -2.46. The molecule has 0 fully saturated rings. The van der Waals surface area contributed by atoms with E-state index in [-0.39, 0.29) is 5.69 Å². The highest BCUT2D eigenvalue weighted by molar-refractivity contribution is 5.94. The number of carbonyl (C=O) groups is 2. The number of para-hydroxylation sites is 1. The number of nitrogens with zero attached hydrogens (tertiary/aromatic N) is 2. The summed E-state index contributed by atoms with van der Waals surface area (Å²) in [7, 11) is 0. The summed E-state index contributed by atoms with van der Waals surface area (Å²) in [5.74, 6) is -2.45. The second-order valence-electron chi connectivity index (χ2n) is 6.71. The fourth-order valence-corrected chi connectivity index (χ4v) is 3.11. The molecule has 1 aliphatic rings.